The fraction of sp³-hybridized carbons (Fsp3) is 0.733. The minimum atomic E-state index is 0.332. The number of aromatic nitrogens is 1. The first-order valence-corrected chi connectivity index (χ1v) is 9.38. The Morgan fingerprint density at radius 3 is 3.20 bits per heavy atom. The summed E-state index contributed by atoms with van der Waals surface area (Å²) in [6.07, 6.45) is 8.41. The van der Waals surface area contributed by atoms with Crippen molar-refractivity contribution in [2.24, 2.45) is 10.9 Å². The van der Waals surface area contributed by atoms with E-state index in [4.69, 9.17) is 4.99 Å². The fourth-order valence-electron chi connectivity index (χ4n) is 3.22. The van der Waals surface area contributed by atoms with Crippen molar-refractivity contribution in [3.8, 4) is 0 Å². The quantitative estimate of drug-likeness (QED) is 0.921. The van der Waals surface area contributed by atoms with E-state index in [0.717, 1.165) is 29.1 Å². The average molecular weight is 310 g/mol. The molecule has 2 unspecified atom stereocenters. The van der Waals surface area contributed by atoms with Gasteiger partial charge in [0.1, 0.15) is 5.01 Å². The topological polar surface area (TPSA) is 37.3 Å². The fourth-order valence-corrected chi connectivity index (χ4v) is 5.20. The third-order valence-electron chi connectivity index (χ3n) is 4.26. The van der Waals surface area contributed by atoms with Crippen LogP contribution < -0.4 is 5.32 Å². The molecule has 0 radical (unpaired) electrons. The molecule has 3 rings (SSSR count). The average Bonchev–Trinajstić information content (AvgIpc) is 3.04. The molecule has 2 heterocycles. The van der Waals surface area contributed by atoms with Crippen LogP contribution in [0.25, 0.3) is 0 Å². The predicted octanol–water partition coefficient (Wildman–Crippen LogP) is 3.85. The molecule has 1 aromatic rings. The van der Waals surface area contributed by atoms with Crippen LogP contribution in [0.3, 0.4) is 0 Å². The van der Waals surface area contributed by atoms with E-state index in [1.54, 1.807) is 11.3 Å². The summed E-state index contributed by atoms with van der Waals surface area (Å²) in [4.78, 5) is 10.5. The maximum atomic E-state index is 4.73. The third kappa shape index (κ3) is 3.19. The van der Waals surface area contributed by atoms with Gasteiger partial charge in [0.15, 0.2) is 5.17 Å². The molecule has 1 aliphatic heterocycles. The molecule has 1 saturated carbocycles. The first kappa shape index (κ1) is 14.4. The summed E-state index contributed by atoms with van der Waals surface area (Å²) in [5.74, 6) is 2.04. The van der Waals surface area contributed by atoms with Crippen molar-refractivity contribution in [3.63, 3.8) is 0 Å². The van der Waals surface area contributed by atoms with E-state index in [2.05, 4.69) is 24.1 Å². The van der Waals surface area contributed by atoms with Crippen LogP contribution in [0.5, 0.6) is 0 Å². The second-order valence-corrected chi connectivity index (χ2v) is 8.25. The molecule has 2 aliphatic rings. The van der Waals surface area contributed by atoms with Gasteiger partial charge in [-0.05, 0) is 25.2 Å². The van der Waals surface area contributed by atoms with Crippen LogP contribution in [-0.4, -0.2) is 21.4 Å². The van der Waals surface area contributed by atoms with E-state index in [9.17, 15) is 0 Å². The van der Waals surface area contributed by atoms with Gasteiger partial charge >= 0.3 is 0 Å². The van der Waals surface area contributed by atoms with Gasteiger partial charge in [-0.2, -0.15) is 0 Å². The number of thiazole rings is 1. The number of aryl methyl sites for hydroxylation is 1. The van der Waals surface area contributed by atoms with Gasteiger partial charge in [-0.3, -0.25) is 4.99 Å². The van der Waals surface area contributed by atoms with Gasteiger partial charge in [0.05, 0.1) is 6.54 Å². The molecular formula is C15H23N3S2. The summed E-state index contributed by atoms with van der Waals surface area (Å²) < 4.78 is 0. The van der Waals surface area contributed by atoms with E-state index in [0.29, 0.717) is 5.54 Å². The standard InChI is InChI=1S/C15H23N3S2/c1-3-12-8-16-13(20-12)9-17-14-18-15(10-19-14)6-4-5-11(2)7-15/h8,11H,3-7,9-10H2,1-2H3,(H,17,18). The Balaban J connectivity index is 1.60. The molecule has 20 heavy (non-hydrogen) atoms. The highest BCUT2D eigenvalue weighted by atomic mass is 32.2. The van der Waals surface area contributed by atoms with Gasteiger partial charge in [0.25, 0.3) is 0 Å². The SMILES string of the molecule is CCc1cnc(CN=C2NC3(CCCC(C)C3)CS2)s1. The summed E-state index contributed by atoms with van der Waals surface area (Å²) in [7, 11) is 0. The van der Waals surface area contributed by atoms with Crippen LogP contribution in [0.15, 0.2) is 11.2 Å². The molecule has 1 spiro atoms. The monoisotopic (exact) mass is 309 g/mol. The Hall–Kier alpha value is -0.550. The molecule has 5 heteroatoms. The lowest BCUT2D eigenvalue weighted by Gasteiger charge is -2.36. The Kier molecular flexibility index (Phi) is 4.36. The summed E-state index contributed by atoms with van der Waals surface area (Å²) in [5.41, 5.74) is 0.332. The normalized spacial score (nSPS) is 31.9. The van der Waals surface area contributed by atoms with Gasteiger partial charge < -0.3 is 5.32 Å². The van der Waals surface area contributed by atoms with Crippen molar-refractivity contribution in [2.75, 3.05) is 5.75 Å². The maximum Gasteiger partial charge on any atom is 0.157 e. The lowest BCUT2D eigenvalue weighted by atomic mass is 9.78. The van der Waals surface area contributed by atoms with Crippen molar-refractivity contribution in [3.05, 3.63) is 16.1 Å². The largest absolute Gasteiger partial charge is 0.359 e. The molecule has 1 saturated heterocycles. The van der Waals surface area contributed by atoms with Gasteiger partial charge in [0, 0.05) is 22.4 Å². The predicted molar refractivity (Wildman–Crippen MR) is 88.6 cm³/mol. The van der Waals surface area contributed by atoms with Crippen LogP contribution in [0, 0.1) is 5.92 Å². The first-order chi connectivity index (χ1) is 9.69. The number of thioether (sulfide) groups is 1. The third-order valence-corrected chi connectivity index (χ3v) is 6.58. The van der Waals surface area contributed by atoms with Gasteiger partial charge in [-0.25, -0.2) is 4.98 Å². The lowest BCUT2D eigenvalue weighted by Crippen LogP contribution is -2.47. The zero-order valence-electron chi connectivity index (χ0n) is 12.3. The second-order valence-electron chi connectivity index (χ2n) is 6.09. The highest BCUT2D eigenvalue weighted by molar-refractivity contribution is 8.14. The second kappa shape index (κ2) is 6.06. The molecule has 0 bridgehead atoms. The minimum absolute atomic E-state index is 0.332. The molecule has 2 fully saturated rings. The van der Waals surface area contributed by atoms with E-state index in [-0.39, 0.29) is 0 Å². The molecule has 110 valence electrons. The minimum Gasteiger partial charge on any atom is -0.359 e. The molecule has 2 atom stereocenters. The number of aliphatic imine (C=N–C) groups is 1. The van der Waals surface area contributed by atoms with E-state index >= 15 is 0 Å². The number of hydrogen-bond donors (Lipinski definition) is 1. The Bertz CT molecular complexity index is 497. The number of rotatable bonds is 3. The van der Waals surface area contributed by atoms with Crippen molar-refractivity contribution in [2.45, 2.75) is 58.0 Å². The molecule has 1 aromatic heterocycles. The Labute approximate surface area is 129 Å². The first-order valence-electron chi connectivity index (χ1n) is 7.58. The summed E-state index contributed by atoms with van der Waals surface area (Å²) in [6, 6.07) is 0. The van der Waals surface area contributed by atoms with Gasteiger partial charge in [-0.1, -0.05) is 38.5 Å². The number of nitrogens with zero attached hydrogens (tertiary/aromatic N) is 2. The van der Waals surface area contributed by atoms with Crippen LogP contribution in [0.2, 0.25) is 0 Å². The smallest absolute Gasteiger partial charge is 0.157 e. The molecular weight excluding hydrogens is 286 g/mol. The maximum absolute atomic E-state index is 4.73. The zero-order chi connectivity index (χ0) is 14.0. The lowest BCUT2D eigenvalue weighted by molar-refractivity contribution is 0.242. The molecule has 0 aromatic carbocycles. The highest BCUT2D eigenvalue weighted by Crippen LogP contribution is 2.38. The summed E-state index contributed by atoms with van der Waals surface area (Å²) >= 11 is 3.69. The van der Waals surface area contributed by atoms with Crippen LogP contribution in [0.4, 0.5) is 0 Å². The Morgan fingerprint density at radius 1 is 1.55 bits per heavy atom. The number of hydrogen-bond acceptors (Lipinski definition) is 4. The number of amidine groups is 1. The van der Waals surface area contributed by atoms with E-state index in [1.807, 2.05) is 18.0 Å². The Morgan fingerprint density at radius 2 is 2.45 bits per heavy atom. The van der Waals surface area contributed by atoms with E-state index < -0.39 is 0 Å². The van der Waals surface area contributed by atoms with Gasteiger partial charge in [0.2, 0.25) is 0 Å². The van der Waals surface area contributed by atoms with Gasteiger partial charge in [-0.15, -0.1) is 11.3 Å². The van der Waals surface area contributed by atoms with Crippen molar-refractivity contribution in [1.29, 1.82) is 0 Å². The van der Waals surface area contributed by atoms with Crippen LogP contribution >= 0.6 is 23.1 Å². The van der Waals surface area contributed by atoms with E-state index in [1.165, 1.54) is 36.3 Å². The summed E-state index contributed by atoms with van der Waals surface area (Å²) in [5, 5.41) is 5.98. The van der Waals surface area contributed by atoms with Crippen molar-refractivity contribution >= 4 is 28.3 Å². The molecule has 1 N–H and O–H groups in total. The van der Waals surface area contributed by atoms with Crippen molar-refractivity contribution < 1.29 is 0 Å². The van der Waals surface area contributed by atoms with Crippen LogP contribution in [0.1, 0.15) is 49.4 Å². The van der Waals surface area contributed by atoms with Crippen molar-refractivity contribution in [1.82, 2.24) is 10.3 Å². The molecule has 1 aliphatic carbocycles. The number of nitrogens with one attached hydrogen (secondary N) is 1. The molecule has 3 nitrogen and oxygen atoms in total. The zero-order valence-corrected chi connectivity index (χ0v) is 13.9. The molecule has 0 amide bonds. The highest BCUT2D eigenvalue weighted by Gasteiger charge is 2.40. The summed E-state index contributed by atoms with van der Waals surface area (Å²) in [6.45, 7) is 5.28. The van der Waals surface area contributed by atoms with Crippen LogP contribution in [-0.2, 0) is 13.0 Å².